The van der Waals surface area contributed by atoms with Crippen LogP contribution in [-0.4, -0.2) is 63.6 Å². The number of amides is 1. The van der Waals surface area contributed by atoms with Crippen molar-refractivity contribution in [3.05, 3.63) is 23.8 Å². The molecule has 0 aliphatic carbocycles. The van der Waals surface area contributed by atoms with Gasteiger partial charge in [-0.1, -0.05) is 0 Å². The number of benzene rings is 1. The van der Waals surface area contributed by atoms with Crippen molar-refractivity contribution in [3.8, 4) is 5.75 Å². The molecule has 0 unspecified atom stereocenters. The summed E-state index contributed by atoms with van der Waals surface area (Å²) in [4.78, 5) is 13.2. The van der Waals surface area contributed by atoms with Gasteiger partial charge < -0.3 is 14.4 Å². The summed E-state index contributed by atoms with van der Waals surface area (Å²) in [7, 11) is -2.26. The smallest absolute Gasteiger partial charge is 0.409 e. The van der Waals surface area contributed by atoms with Crippen LogP contribution in [0.4, 0.5) is 4.79 Å². The first-order valence-corrected chi connectivity index (χ1v) is 8.90. The summed E-state index contributed by atoms with van der Waals surface area (Å²) >= 11 is 0. The lowest BCUT2D eigenvalue weighted by atomic mass is 10.2. The number of nitrogens with zero attached hydrogens (tertiary/aromatic N) is 2. The van der Waals surface area contributed by atoms with Crippen molar-refractivity contribution in [1.82, 2.24) is 9.21 Å². The van der Waals surface area contributed by atoms with E-state index in [4.69, 9.17) is 4.74 Å². The van der Waals surface area contributed by atoms with E-state index < -0.39 is 16.1 Å². The Labute approximate surface area is 136 Å². The van der Waals surface area contributed by atoms with Crippen LogP contribution in [0.5, 0.6) is 5.75 Å². The Kier molecular flexibility index (Phi) is 5.48. The number of rotatable bonds is 4. The van der Waals surface area contributed by atoms with Gasteiger partial charge in [-0.05, 0) is 37.6 Å². The number of sulfonamides is 1. The van der Waals surface area contributed by atoms with Gasteiger partial charge in [0.05, 0.1) is 18.6 Å². The molecule has 23 heavy (non-hydrogen) atoms. The standard InChI is InChI=1S/C15H22N2O5S/c1-4-22-14-6-5-13(11-12(14)2)23(19,20)17-9-7-16(8-10-17)15(18)21-3/h5-6,11H,4,7-10H2,1-3H3. The Balaban J connectivity index is 2.13. The predicted molar refractivity (Wildman–Crippen MR) is 85.1 cm³/mol. The van der Waals surface area contributed by atoms with E-state index in [2.05, 4.69) is 4.74 Å². The lowest BCUT2D eigenvalue weighted by molar-refractivity contribution is 0.108. The molecule has 0 aromatic heterocycles. The summed E-state index contributed by atoms with van der Waals surface area (Å²) < 4.78 is 36.9. The molecule has 0 N–H and O–H groups in total. The molecule has 1 heterocycles. The lowest BCUT2D eigenvalue weighted by Gasteiger charge is -2.33. The second-order valence-corrected chi connectivity index (χ2v) is 7.16. The molecule has 1 saturated heterocycles. The van der Waals surface area contributed by atoms with Crippen molar-refractivity contribution in [3.63, 3.8) is 0 Å². The highest BCUT2D eigenvalue weighted by Crippen LogP contribution is 2.24. The number of carbonyl (C=O) groups is 1. The van der Waals surface area contributed by atoms with Gasteiger partial charge >= 0.3 is 6.09 Å². The fraction of sp³-hybridized carbons (Fsp3) is 0.533. The maximum Gasteiger partial charge on any atom is 0.409 e. The highest BCUT2D eigenvalue weighted by atomic mass is 32.2. The normalized spacial score (nSPS) is 16.2. The summed E-state index contributed by atoms with van der Waals surface area (Å²) in [5, 5.41) is 0. The van der Waals surface area contributed by atoms with Crippen molar-refractivity contribution in [2.75, 3.05) is 39.9 Å². The maximum atomic E-state index is 12.7. The number of hydrogen-bond donors (Lipinski definition) is 0. The molecular formula is C15H22N2O5S. The molecule has 1 aliphatic heterocycles. The third-order valence-electron chi connectivity index (χ3n) is 3.76. The molecule has 1 aromatic rings. The first-order chi connectivity index (χ1) is 10.9. The van der Waals surface area contributed by atoms with E-state index in [1.807, 2.05) is 13.8 Å². The number of piperazine rings is 1. The average molecular weight is 342 g/mol. The van der Waals surface area contributed by atoms with Crippen LogP contribution in [0.1, 0.15) is 12.5 Å². The first-order valence-electron chi connectivity index (χ1n) is 7.46. The number of ether oxygens (including phenoxy) is 2. The van der Waals surface area contributed by atoms with Gasteiger partial charge in [0.25, 0.3) is 0 Å². The minimum absolute atomic E-state index is 0.241. The molecule has 1 aliphatic rings. The van der Waals surface area contributed by atoms with Crippen LogP contribution in [0.15, 0.2) is 23.1 Å². The highest BCUT2D eigenvalue weighted by Gasteiger charge is 2.30. The van der Waals surface area contributed by atoms with Gasteiger partial charge in [-0.15, -0.1) is 0 Å². The second kappa shape index (κ2) is 7.18. The van der Waals surface area contributed by atoms with Crippen molar-refractivity contribution in [2.24, 2.45) is 0 Å². The molecule has 1 aromatic carbocycles. The highest BCUT2D eigenvalue weighted by molar-refractivity contribution is 7.89. The Morgan fingerprint density at radius 2 is 1.87 bits per heavy atom. The lowest BCUT2D eigenvalue weighted by Crippen LogP contribution is -2.50. The molecule has 1 fully saturated rings. The summed E-state index contributed by atoms with van der Waals surface area (Å²) in [6.07, 6.45) is -0.432. The Bertz CT molecular complexity index is 666. The van der Waals surface area contributed by atoms with Crippen molar-refractivity contribution in [2.45, 2.75) is 18.7 Å². The quantitative estimate of drug-likeness (QED) is 0.828. The number of hydrogen-bond acceptors (Lipinski definition) is 5. The van der Waals surface area contributed by atoms with Gasteiger partial charge in [-0.3, -0.25) is 0 Å². The molecule has 0 atom stereocenters. The molecule has 0 radical (unpaired) electrons. The first kappa shape index (κ1) is 17.6. The predicted octanol–water partition coefficient (Wildman–Crippen LogP) is 1.47. The molecule has 8 heteroatoms. The van der Waals surface area contributed by atoms with Crippen molar-refractivity contribution < 1.29 is 22.7 Å². The summed E-state index contributed by atoms with van der Waals surface area (Å²) in [5.74, 6) is 0.682. The molecule has 0 spiro atoms. The molecule has 7 nitrogen and oxygen atoms in total. The molecular weight excluding hydrogens is 320 g/mol. The molecule has 1 amide bonds. The number of aryl methyl sites for hydroxylation is 1. The molecule has 2 rings (SSSR count). The topological polar surface area (TPSA) is 76.2 Å². The Hall–Kier alpha value is -1.80. The number of methoxy groups -OCH3 is 1. The number of carbonyl (C=O) groups excluding carboxylic acids is 1. The summed E-state index contributed by atoms with van der Waals surface area (Å²) in [6, 6.07) is 4.85. The van der Waals surface area contributed by atoms with Crippen LogP contribution in [-0.2, 0) is 14.8 Å². The zero-order valence-corrected chi connectivity index (χ0v) is 14.4. The SMILES string of the molecule is CCOc1ccc(S(=O)(=O)N2CCN(C(=O)OC)CC2)cc1C. The van der Waals surface area contributed by atoms with E-state index in [9.17, 15) is 13.2 Å². The fourth-order valence-electron chi connectivity index (χ4n) is 2.49. The maximum absolute atomic E-state index is 12.7. The third-order valence-corrected chi connectivity index (χ3v) is 5.65. The van der Waals surface area contributed by atoms with Crippen LogP contribution in [0.2, 0.25) is 0 Å². The fourth-order valence-corrected chi connectivity index (χ4v) is 4.00. The van der Waals surface area contributed by atoms with E-state index in [1.54, 1.807) is 18.2 Å². The molecule has 0 saturated carbocycles. The van der Waals surface area contributed by atoms with Crippen LogP contribution < -0.4 is 4.74 Å². The second-order valence-electron chi connectivity index (χ2n) is 5.22. The minimum atomic E-state index is -3.57. The Morgan fingerprint density at radius 3 is 2.39 bits per heavy atom. The van der Waals surface area contributed by atoms with Gasteiger partial charge in [0, 0.05) is 26.2 Å². The van der Waals surface area contributed by atoms with Gasteiger partial charge in [-0.25, -0.2) is 13.2 Å². The average Bonchev–Trinajstić information content (AvgIpc) is 2.56. The third kappa shape index (κ3) is 3.76. The van der Waals surface area contributed by atoms with Crippen molar-refractivity contribution in [1.29, 1.82) is 0 Å². The van der Waals surface area contributed by atoms with Crippen molar-refractivity contribution >= 4 is 16.1 Å². The molecule has 128 valence electrons. The Morgan fingerprint density at radius 1 is 1.22 bits per heavy atom. The van der Waals surface area contributed by atoms with Crippen LogP contribution in [0.3, 0.4) is 0 Å². The van der Waals surface area contributed by atoms with E-state index >= 15 is 0 Å². The van der Waals surface area contributed by atoms with Crippen LogP contribution in [0.25, 0.3) is 0 Å². The van der Waals surface area contributed by atoms with Crippen LogP contribution >= 0.6 is 0 Å². The zero-order valence-electron chi connectivity index (χ0n) is 13.6. The zero-order chi connectivity index (χ0) is 17.0. The van der Waals surface area contributed by atoms with E-state index in [1.165, 1.54) is 16.3 Å². The molecule has 0 bridgehead atoms. The van der Waals surface area contributed by atoms with E-state index in [0.29, 0.717) is 25.4 Å². The summed E-state index contributed by atoms with van der Waals surface area (Å²) in [6.45, 7) is 5.38. The van der Waals surface area contributed by atoms with Gasteiger partial charge in [0.1, 0.15) is 5.75 Å². The van der Waals surface area contributed by atoms with Gasteiger partial charge in [-0.2, -0.15) is 4.31 Å². The van der Waals surface area contributed by atoms with Gasteiger partial charge in [0.2, 0.25) is 10.0 Å². The minimum Gasteiger partial charge on any atom is -0.494 e. The summed E-state index contributed by atoms with van der Waals surface area (Å²) in [5.41, 5.74) is 0.779. The monoisotopic (exact) mass is 342 g/mol. The largest absolute Gasteiger partial charge is 0.494 e. The van der Waals surface area contributed by atoms with Crippen LogP contribution in [0, 0.1) is 6.92 Å². The van der Waals surface area contributed by atoms with Gasteiger partial charge in [0.15, 0.2) is 0 Å². The van der Waals surface area contributed by atoms with E-state index in [-0.39, 0.29) is 18.0 Å². The van der Waals surface area contributed by atoms with E-state index in [0.717, 1.165) is 5.56 Å².